The lowest BCUT2D eigenvalue weighted by Gasteiger charge is -2.16. The number of rotatable bonds is 6. The highest BCUT2D eigenvalue weighted by Crippen LogP contribution is 2.31. The van der Waals surface area contributed by atoms with Crippen LogP contribution in [0, 0.1) is 5.92 Å². The predicted octanol–water partition coefficient (Wildman–Crippen LogP) is 2.72. The first-order valence-electron chi connectivity index (χ1n) is 6.16. The number of aliphatic carboxylic acids is 1. The number of hydrogen-bond donors (Lipinski definition) is 2. The van der Waals surface area contributed by atoms with Crippen LogP contribution in [-0.4, -0.2) is 38.3 Å². The molecule has 0 radical (unpaired) electrons. The summed E-state index contributed by atoms with van der Waals surface area (Å²) in [5, 5.41) is 12.3. The fourth-order valence-corrected chi connectivity index (χ4v) is 3.25. The molecule has 0 saturated carbocycles. The number of carboxylic acids is 1. The van der Waals surface area contributed by atoms with Crippen molar-refractivity contribution in [3.63, 3.8) is 0 Å². The quantitative estimate of drug-likeness (QED) is 0.793. The zero-order valence-electron chi connectivity index (χ0n) is 11.5. The van der Waals surface area contributed by atoms with Gasteiger partial charge in [-0.3, -0.25) is 0 Å². The third-order valence-electron chi connectivity index (χ3n) is 2.66. The number of thioether (sulfide) groups is 1. The molecule has 0 amide bonds. The molecule has 8 heteroatoms. The molecule has 0 fully saturated rings. The molecular formula is C12H16N4O2S2. The van der Waals surface area contributed by atoms with Crippen LogP contribution in [0.25, 0.3) is 10.3 Å². The molecule has 0 aromatic carbocycles. The van der Waals surface area contributed by atoms with Crippen molar-refractivity contribution >= 4 is 45.2 Å². The van der Waals surface area contributed by atoms with Gasteiger partial charge in [-0.15, -0.1) is 11.3 Å². The van der Waals surface area contributed by atoms with Crippen LogP contribution in [0.2, 0.25) is 0 Å². The summed E-state index contributed by atoms with van der Waals surface area (Å²) < 4.78 is 1.69. The first kappa shape index (κ1) is 15.0. The average Bonchev–Trinajstić information content (AvgIpc) is 2.81. The molecule has 0 aliphatic rings. The van der Waals surface area contributed by atoms with Gasteiger partial charge in [0.15, 0.2) is 9.99 Å². The van der Waals surface area contributed by atoms with Gasteiger partial charge >= 0.3 is 5.97 Å². The summed E-state index contributed by atoms with van der Waals surface area (Å²) in [4.78, 5) is 23.9. The first-order valence-corrected chi connectivity index (χ1v) is 8.20. The normalized spacial score (nSPS) is 12.8. The van der Waals surface area contributed by atoms with Crippen LogP contribution in [0.15, 0.2) is 10.7 Å². The molecule has 2 heterocycles. The molecular weight excluding hydrogens is 296 g/mol. The zero-order chi connectivity index (χ0) is 14.7. The molecule has 2 aromatic rings. The molecule has 0 spiro atoms. The maximum absolute atomic E-state index is 11.3. The number of carbonyl (C=O) groups is 1. The molecule has 6 nitrogen and oxygen atoms in total. The van der Waals surface area contributed by atoms with E-state index in [4.69, 9.17) is 0 Å². The lowest BCUT2D eigenvalue weighted by molar-refractivity contribution is -0.138. The summed E-state index contributed by atoms with van der Waals surface area (Å²) in [6, 6.07) is -0.659. The summed E-state index contributed by atoms with van der Waals surface area (Å²) in [6.07, 6.45) is 3.88. The van der Waals surface area contributed by atoms with Gasteiger partial charge in [-0.2, -0.15) is 0 Å². The van der Waals surface area contributed by atoms with E-state index in [0.29, 0.717) is 17.9 Å². The Morgan fingerprint density at radius 3 is 2.85 bits per heavy atom. The van der Waals surface area contributed by atoms with E-state index in [0.717, 1.165) is 9.04 Å². The lowest BCUT2D eigenvalue weighted by Crippen LogP contribution is -2.31. The second kappa shape index (κ2) is 6.36. The van der Waals surface area contributed by atoms with Crippen molar-refractivity contribution in [1.29, 1.82) is 0 Å². The van der Waals surface area contributed by atoms with Crippen molar-refractivity contribution in [2.45, 2.75) is 30.6 Å². The molecule has 0 aliphatic heterocycles. The second-order valence-electron chi connectivity index (χ2n) is 4.72. The van der Waals surface area contributed by atoms with Gasteiger partial charge in [-0.1, -0.05) is 25.6 Å². The van der Waals surface area contributed by atoms with E-state index in [1.807, 2.05) is 20.1 Å². The fourth-order valence-electron chi connectivity index (χ4n) is 1.78. The van der Waals surface area contributed by atoms with Crippen molar-refractivity contribution < 1.29 is 9.90 Å². The van der Waals surface area contributed by atoms with Crippen LogP contribution >= 0.6 is 23.1 Å². The van der Waals surface area contributed by atoms with Crippen LogP contribution in [0.5, 0.6) is 0 Å². The summed E-state index contributed by atoms with van der Waals surface area (Å²) in [5.74, 6) is -0.0509. The third kappa shape index (κ3) is 3.37. The zero-order valence-corrected chi connectivity index (χ0v) is 13.1. The lowest BCUT2D eigenvalue weighted by atomic mass is 10.0. The maximum atomic E-state index is 11.3. The van der Waals surface area contributed by atoms with Crippen molar-refractivity contribution in [3.8, 4) is 0 Å². The van der Waals surface area contributed by atoms with Crippen molar-refractivity contribution in [1.82, 2.24) is 15.0 Å². The van der Waals surface area contributed by atoms with E-state index in [2.05, 4.69) is 20.3 Å². The molecule has 2 N–H and O–H groups in total. The Morgan fingerprint density at radius 2 is 2.25 bits per heavy atom. The summed E-state index contributed by atoms with van der Waals surface area (Å²) in [5.41, 5.74) is 0.602. The summed E-state index contributed by atoms with van der Waals surface area (Å²) in [7, 11) is 0. The Bertz CT molecular complexity index is 615. The molecule has 2 rings (SSSR count). The predicted molar refractivity (Wildman–Crippen MR) is 81.5 cm³/mol. The SMILES string of the molecule is CSc1nc2ncnc(N[C@H](CC(C)C)C(=O)O)c2s1. The highest BCUT2D eigenvalue weighted by atomic mass is 32.2. The van der Waals surface area contributed by atoms with E-state index < -0.39 is 12.0 Å². The maximum Gasteiger partial charge on any atom is 0.326 e. The van der Waals surface area contributed by atoms with Crippen LogP contribution in [-0.2, 0) is 4.79 Å². The smallest absolute Gasteiger partial charge is 0.326 e. The van der Waals surface area contributed by atoms with E-state index in [9.17, 15) is 9.90 Å². The van der Waals surface area contributed by atoms with Gasteiger partial charge in [0.25, 0.3) is 0 Å². The van der Waals surface area contributed by atoms with Gasteiger partial charge in [0.05, 0.1) is 0 Å². The monoisotopic (exact) mass is 312 g/mol. The second-order valence-corrected chi connectivity index (χ2v) is 6.78. The molecule has 1 atom stereocenters. The molecule has 0 bridgehead atoms. The minimum absolute atomic E-state index is 0.282. The van der Waals surface area contributed by atoms with Gasteiger partial charge < -0.3 is 10.4 Å². The Labute approximate surface area is 125 Å². The van der Waals surface area contributed by atoms with Crippen molar-refractivity contribution in [2.24, 2.45) is 5.92 Å². The largest absolute Gasteiger partial charge is 0.480 e. The number of hydrogen-bond acceptors (Lipinski definition) is 7. The minimum atomic E-state index is -0.875. The molecule has 0 aliphatic carbocycles. The van der Waals surface area contributed by atoms with Crippen molar-refractivity contribution in [3.05, 3.63) is 6.33 Å². The van der Waals surface area contributed by atoms with Gasteiger partial charge in [-0.25, -0.2) is 19.7 Å². The van der Waals surface area contributed by atoms with Crippen LogP contribution in [0.1, 0.15) is 20.3 Å². The van der Waals surface area contributed by atoms with E-state index in [1.165, 1.54) is 29.4 Å². The Morgan fingerprint density at radius 1 is 1.50 bits per heavy atom. The number of nitrogens with zero attached hydrogens (tertiary/aromatic N) is 3. The molecule has 108 valence electrons. The van der Waals surface area contributed by atoms with Crippen LogP contribution in [0.3, 0.4) is 0 Å². The Kier molecular flexibility index (Phi) is 4.77. The highest BCUT2D eigenvalue weighted by Gasteiger charge is 2.21. The van der Waals surface area contributed by atoms with Crippen LogP contribution < -0.4 is 5.32 Å². The summed E-state index contributed by atoms with van der Waals surface area (Å²) in [6.45, 7) is 3.98. The fraction of sp³-hybridized carbons (Fsp3) is 0.500. The molecule has 2 aromatic heterocycles. The standard InChI is InChI=1S/C12H16N4O2S2/c1-6(2)4-7(11(17)18)15-9-8-10(14-5-13-9)16-12(19-3)20-8/h5-7H,4H2,1-3H3,(H,17,18)(H,13,14,15)/t7-/m1/s1. The third-order valence-corrected chi connectivity index (χ3v) is 4.70. The highest BCUT2D eigenvalue weighted by molar-refractivity contribution is 8.00. The topological polar surface area (TPSA) is 88.0 Å². The van der Waals surface area contributed by atoms with E-state index in [1.54, 1.807) is 0 Å². The number of thiazole rings is 1. The minimum Gasteiger partial charge on any atom is -0.480 e. The number of nitrogens with one attached hydrogen (secondary N) is 1. The van der Waals surface area contributed by atoms with Gasteiger partial charge in [0.1, 0.15) is 22.9 Å². The van der Waals surface area contributed by atoms with Gasteiger partial charge in [0.2, 0.25) is 0 Å². The Balaban J connectivity index is 2.31. The summed E-state index contributed by atoms with van der Waals surface area (Å²) >= 11 is 3.00. The average molecular weight is 312 g/mol. The molecule has 0 saturated heterocycles. The van der Waals surface area contributed by atoms with E-state index >= 15 is 0 Å². The molecule has 0 unspecified atom stereocenters. The number of anilines is 1. The first-order chi connectivity index (χ1) is 9.51. The van der Waals surface area contributed by atoms with Crippen LogP contribution in [0.4, 0.5) is 5.82 Å². The number of carboxylic acid groups (broad SMARTS) is 1. The number of aromatic nitrogens is 3. The molecule has 20 heavy (non-hydrogen) atoms. The van der Waals surface area contributed by atoms with Crippen molar-refractivity contribution in [2.75, 3.05) is 11.6 Å². The Hall–Kier alpha value is -1.41. The van der Waals surface area contributed by atoms with Gasteiger partial charge in [0, 0.05) is 0 Å². The number of fused-ring (bicyclic) bond motifs is 1. The van der Waals surface area contributed by atoms with E-state index in [-0.39, 0.29) is 5.92 Å². The van der Waals surface area contributed by atoms with Gasteiger partial charge in [-0.05, 0) is 18.6 Å².